The maximum absolute atomic E-state index is 13.6. The van der Waals surface area contributed by atoms with E-state index in [1.165, 1.54) is 0 Å². The molecule has 4 atom stereocenters. The van der Waals surface area contributed by atoms with E-state index in [-0.39, 0.29) is 49.3 Å². The Labute approximate surface area is 247 Å². The Bertz CT molecular complexity index is 1390. The number of carbonyl (C=O) groups is 3. The first kappa shape index (κ1) is 29.3. The monoisotopic (exact) mass is 566 g/mol. The highest BCUT2D eigenvalue weighted by molar-refractivity contribution is 5.86. The largest absolute Gasteiger partial charge is 0.455 e. The van der Waals surface area contributed by atoms with Crippen LogP contribution in [0.15, 0.2) is 97.1 Å². The molecule has 2 aliphatic rings. The van der Waals surface area contributed by atoms with E-state index < -0.39 is 12.0 Å². The van der Waals surface area contributed by atoms with Crippen LogP contribution in [0.3, 0.4) is 0 Å². The summed E-state index contributed by atoms with van der Waals surface area (Å²) >= 11 is 0. The zero-order valence-electron chi connectivity index (χ0n) is 23.7. The zero-order chi connectivity index (χ0) is 29.3. The lowest BCUT2D eigenvalue weighted by Gasteiger charge is -2.36. The molecular formula is C35H38N2O5. The van der Waals surface area contributed by atoms with Crippen LogP contribution in [0.4, 0.5) is 0 Å². The molecular weight excluding hydrogens is 528 g/mol. The number of ether oxygens (including phenoxy) is 1. The normalized spacial score (nSPS) is 23.1. The fraction of sp³-hybridized carbons (Fsp3) is 0.343. The van der Waals surface area contributed by atoms with Gasteiger partial charge in [0.2, 0.25) is 11.8 Å². The van der Waals surface area contributed by atoms with Crippen molar-refractivity contribution in [2.75, 3.05) is 13.2 Å². The number of allylic oxidation sites excluding steroid dienone is 2. The van der Waals surface area contributed by atoms with E-state index in [2.05, 4.69) is 5.32 Å². The van der Waals surface area contributed by atoms with Crippen molar-refractivity contribution >= 4 is 17.8 Å². The zero-order valence-corrected chi connectivity index (χ0v) is 23.7. The first-order valence-electron chi connectivity index (χ1n) is 14.7. The Kier molecular flexibility index (Phi) is 9.82. The molecule has 0 aliphatic carbocycles. The second kappa shape index (κ2) is 14.1. The number of hydrogen-bond acceptors (Lipinski definition) is 5. The van der Waals surface area contributed by atoms with E-state index in [9.17, 15) is 19.5 Å². The molecule has 2 aliphatic heterocycles. The highest BCUT2D eigenvalue weighted by Gasteiger charge is 2.33. The number of cyclic esters (lactones) is 1. The molecule has 2 amide bonds. The third-order valence-electron chi connectivity index (χ3n) is 8.24. The van der Waals surface area contributed by atoms with Crippen molar-refractivity contribution in [3.63, 3.8) is 0 Å². The number of nitrogens with one attached hydrogen (secondary N) is 1. The molecule has 2 N–H and O–H groups in total. The summed E-state index contributed by atoms with van der Waals surface area (Å²) in [5.74, 6) is -1.70. The summed E-state index contributed by atoms with van der Waals surface area (Å²) in [5, 5.41) is 13.0. The van der Waals surface area contributed by atoms with Crippen molar-refractivity contribution in [1.29, 1.82) is 0 Å². The lowest BCUT2D eigenvalue weighted by atomic mass is 9.92. The predicted molar refractivity (Wildman–Crippen MR) is 160 cm³/mol. The van der Waals surface area contributed by atoms with Crippen LogP contribution in [0.2, 0.25) is 0 Å². The number of aliphatic hydroxyl groups is 1. The van der Waals surface area contributed by atoms with Crippen LogP contribution in [0.25, 0.3) is 0 Å². The summed E-state index contributed by atoms with van der Waals surface area (Å²) < 4.78 is 6.03. The third kappa shape index (κ3) is 7.34. The number of carbonyl (C=O) groups excluding carboxylic acids is 3. The molecule has 4 unspecified atom stereocenters. The molecule has 218 valence electrons. The SMILES string of the molecule is O=C1NCC(c2ccccc2)OC(=O)C(Cc2ccccc2)CC=CCC1CC(=O)N1Cc2ccccc2CC1CO. The molecule has 0 fully saturated rings. The standard InChI is InChI=1S/C35H38N2O5/c38-24-31-20-27-15-7-10-18-30(27)23-37(31)33(39)21-28-16-8-9-17-29(19-25-11-3-1-4-12-25)35(41)42-32(22-36-34(28)40)26-13-5-2-6-14-26/h1-15,18,28-29,31-32,38H,16-17,19-24H2,(H,36,40). The number of amides is 2. The van der Waals surface area contributed by atoms with E-state index in [0.29, 0.717) is 32.2 Å². The molecule has 0 bridgehead atoms. The minimum atomic E-state index is -0.655. The van der Waals surface area contributed by atoms with Crippen LogP contribution in [-0.2, 0) is 38.5 Å². The van der Waals surface area contributed by atoms with Gasteiger partial charge >= 0.3 is 5.97 Å². The molecule has 0 radical (unpaired) electrons. The fourth-order valence-electron chi connectivity index (χ4n) is 5.81. The van der Waals surface area contributed by atoms with Crippen LogP contribution >= 0.6 is 0 Å². The van der Waals surface area contributed by atoms with Gasteiger partial charge in [0.25, 0.3) is 0 Å². The second-order valence-corrected chi connectivity index (χ2v) is 11.1. The smallest absolute Gasteiger partial charge is 0.310 e. The van der Waals surface area contributed by atoms with Crippen molar-refractivity contribution in [2.45, 2.75) is 50.8 Å². The Morgan fingerprint density at radius 3 is 2.21 bits per heavy atom. The maximum atomic E-state index is 13.6. The Hall–Kier alpha value is -4.23. The Balaban J connectivity index is 1.35. The molecule has 7 nitrogen and oxygen atoms in total. The van der Waals surface area contributed by atoms with Gasteiger partial charge in [0.15, 0.2) is 0 Å². The maximum Gasteiger partial charge on any atom is 0.310 e. The fourth-order valence-corrected chi connectivity index (χ4v) is 5.81. The lowest BCUT2D eigenvalue weighted by Crippen LogP contribution is -2.47. The summed E-state index contributed by atoms with van der Waals surface area (Å²) in [7, 11) is 0. The number of benzene rings is 3. The highest BCUT2D eigenvalue weighted by atomic mass is 16.5. The lowest BCUT2D eigenvalue weighted by molar-refractivity contribution is -0.155. The number of aliphatic hydroxyl groups excluding tert-OH is 1. The molecule has 3 aromatic carbocycles. The van der Waals surface area contributed by atoms with Gasteiger partial charge in [-0.05, 0) is 47.9 Å². The van der Waals surface area contributed by atoms with Crippen molar-refractivity contribution in [1.82, 2.24) is 10.2 Å². The minimum absolute atomic E-state index is 0.0259. The molecule has 0 spiro atoms. The first-order valence-corrected chi connectivity index (χ1v) is 14.7. The quantitative estimate of drug-likeness (QED) is 0.337. The molecule has 0 saturated carbocycles. The Morgan fingerprint density at radius 1 is 0.857 bits per heavy atom. The average Bonchev–Trinajstić information content (AvgIpc) is 3.03. The molecule has 0 saturated heterocycles. The first-order chi connectivity index (χ1) is 20.5. The van der Waals surface area contributed by atoms with Gasteiger partial charge in [-0.1, -0.05) is 97.1 Å². The number of rotatable bonds is 6. The van der Waals surface area contributed by atoms with E-state index in [4.69, 9.17) is 4.74 Å². The number of hydrogen-bond donors (Lipinski definition) is 2. The molecule has 42 heavy (non-hydrogen) atoms. The van der Waals surface area contributed by atoms with Gasteiger partial charge in [0.1, 0.15) is 6.10 Å². The van der Waals surface area contributed by atoms with Gasteiger partial charge in [-0.15, -0.1) is 0 Å². The van der Waals surface area contributed by atoms with Crippen LogP contribution < -0.4 is 5.32 Å². The summed E-state index contributed by atoms with van der Waals surface area (Å²) in [6, 6.07) is 26.9. The van der Waals surface area contributed by atoms with Crippen molar-refractivity contribution in [3.8, 4) is 0 Å². The van der Waals surface area contributed by atoms with Crippen LogP contribution in [0.1, 0.15) is 47.6 Å². The summed E-state index contributed by atoms with van der Waals surface area (Å²) in [6.45, 7) is 0.388. The van der Waals surface area contributed by atoms with Crippen LogP contribution in [0, 0.1) is 11.8 Å². The number of nitrogens with zero attached hydrogens (tertiary/aromatic N) is 1. The second-order valence-electron chi connectivity index (χ2n) is 11.1. The number of esters is 1. The van der Waals surface area contributed by atoms with Crippen LogP contribution in [-0.4, -0.2) is 47.0 Å². The summed E-state index contributed by atoms with van der Waals surface area (Å²) in [6.07, 6.45) is 5.15. The van der Waals surface area contributed by atoms with Gasteiger partial charge in [-0.3, -0.25) is 14.4 Å². The van der Waals surface area contributed by atoms with Gasteiger partial charge in [0, 0.05) is 13.0 Å². The summed E-state index contributed by atoms with van der Waals surface area (Å²) in [5.41, 5.74) is 4.05. The van der Waals surface area contributed by atoms with Crippen molar-refractivity contribution < 1.29 is 24.2 Å². The predicted octanol–water partition coefficient (Wildman–Crippen LogP) is 4.55. The van der Waals surface area contributed by atoms with Gasteiger partial charge in [0.05, 0.1) is 31.0 Å². The molecule has 3 aromatic rings. The number of fused-ring (bicyclic) bond motifs is 1. The van der Waals surface area contributed by atoms with Gasteiger partial charge in [-0.25, -0.2) is 0 Å². The van der Waals surface area contributed by atoms with E-state index >= 15 is 0 Å². The minimum Gasteiger partial charge on any atom is -0.455 e. The van der Waals surface area contributed by atoms with Crippen molar-refractivity contribution in [2.24, 2.45) is 11.8 Å². The van der Waals surface area contributed by atoms with Gasteiger partial charge in [-0.2, -0.15) is 0 Å². The molecule has 7 heteroatoms. The Morgan fingerprint density at radius 2 is 1.50 bits per heavy atom. The highest BCUT2D eigenvalue weighted by Crippen LogP contribution is 2.27. The summed E-state index contributed by atoms with van der Waals surface area (Å²) in [4.78, 5) is 42.1. The molecule has 2 heterocycles. The molecule has 5 rings (SSSR count). The molecule has 0 aromatic heterocycles. The average molecular weight is 567 g/mol. The van der Waals surface area contributed by atoms with E-state index in [0.717, 1.165) is 22.3 Å². The van der Waals surface area contributed by atoms with Crippen LogP contribution in [0.5, 0.6) is 0 Å². The van der Waals surface area contributed by atoms with Gasteiger partial charge < -0.3 is 20.1 Å². The van der Waals surface area contributed by atoms with E-state index in [1.54, 1.807) is 4.90 Å². The topological polar surface area (TPSA) is 95.9 Å². The third-order valence-corrected chi connectivity index (χ3v) is 8.24. The van der Waals surface area contributed by atoms with Crippen molar-refractivity contribution in [3.05, 3.63) is 119 Å². The van der Waals surface area contributed by atoms with E-state index in [1.807, 2.05) is 97.1 Å².